The minimum absolute atomic E-state index is 0.0877. The first-order valence-corrected chi connectivity index (χ1v) is 15.9. The number of carbonyl (C=O) groups is 2. The lowest BCUT2D eigenvalue weighted by molar-refractivity contribution is -0.137. The quantitative estimate of drug-likeness (QED) is 0.303. The smallest absolute Gasteiger partial charge is 0.416 e. The van der Waals surface area contributed by atoms with E-state index in [2.05, 4.69) is 76.2 Å². The molecule has 3 rings (SSSR count). The minimum Gasteiger partial charge on any atom is -0.447 e. The average Bonchev–Trinajstić information content (AvgIpc) is 3.30. The Balaban J connectivity index is 1.69. The number of imide groups is 1. The molecule has 39 heavy (non-hydrogen) atoms. The van der Waals surface area contributed by atoms with E-state index < -0.39 is 26.4 Å². The van der Waals surface area contributed by atoms with Crippen LogP contribution in [0.1, 0.15) is 61.3 Å². The normalized spacial score (nSPS) is 18.8. The molecule has 1 N–H and O–H groups in total. The minimum atomic E-state index is -2.66. The van der Waals surface area contributed by atoms with Crippen LogP contribution in [0.5, 0.6) is 0 Å². The molecular formula is C32H45NO5Si. The van der Waals surface area contributed by atoms with Gasteiger partial charge >= 0.3 is 6.09 Å². The molecular weight excluding hydrogens is 506 g/mol. The molecule has 2 amide bonds. The van der Waals surface area contributed by atoms with Crippen molar-refractivity contribution in [1.82, 2.24) is 4.90 Å². The van der Waals surface area contributed by atoms with E-state index in [0.29, 0.717) is 12.8 Å². The van der Waals surface area contributed by atoms with E-state index in [-0.39, 0.29) is 35.6 Å². The van der Waals surface area contributed by atoms with Gasteiger partial charge in [0.15, 0.2) is 0 Å². The van der Waals surface area contributed by atoms with Gasteiger partial charge in [0.05, 0.1) is 24.2 Å². The number of hydrogen-bond acceptors (Lipinski definition) is 5. The van der Waals surface area contributed by atoms with Crippen molar-refractivity contribution in [3.63, 3.8) is 0 Å². The van der Waals surface area contributed by atoms with Crippen LogP contribution in [-0.2, 0) is 14.0 Å². The van der Waals surface area contributed by atoms with Crippen LogP contribution in [0.25, 0.3) is 0 Å². The van der Waals surface area contributed by atoms with Crippen LogP contribution in [0.3, 0.4) is 0 Å². The van der Waals surface area contributed by atoms with Crippen LogP contribution in [0.2, 0.25) is 5.04 Å². The van der Waals surface area contributed by atoms with Gasteiger partial charge in [-0.2, -0.15) is 0 Å². The fraction of sp³-hybridized carbons (Fsp3) is 0.500. The van der Waals surface area contributed by atoms with Gasteiger partial charge in [0.1, 0.15) is 6.61 Å². The predicted octanol–water partition coefficient (Wildman–Crippen LogP) is 5.29. The highest BCUT2D eigenvalue weighted by molar-refractivity contribution is 6.99. The lowest BCUT2D eigenvalue weighted by atomic mass is 9.96. The number of carbonyl (C=O) groups excluding carboxylic acids is 2. The number of nitrogens with zero attached hydrogens (tertiary/aromatic N) is 1. The molecule has 1 aliphatic rings. The fourth-order valence-electron chi connectivity index (χ4n) is 5.38. The molecule has 2 aromatic rings. The summed E-state index contributed by atoms with van der Waals surface area (Å²) in [6.07, 6.45) is 3.42. The highest BCUT2D eigenvalue weighted by Gasteiger charge is 2.50. The monoisotopic (exact) mass is 551 g/mol. The Kier molecular flexibility index (Phi) is 10.3. The fourth-order valence-corrected chi connectivity index (χ4v) is 10.0. The Morgan fingerprint density at radius 2 is 1.59 bits per heavy atom. The number of benzene rings is 2. The molecule has 0 spiro atoms. The Labute approximate surface area is 235 Å². The number of aliphatic hydroxyl groups excluding tert-OH is 1. The van der Waals surface area contributed by atoms with Gasteiger partial charge in [-0.25, -0.2) is 9.69 Å². The second kappa shape index (κ2) is 13.1. The van der Waals surface area contributed by atoms with Gasteiger partial charge < -0.3 is 14.3 Å². The molecule has 1 heterocycles. The molecule has 0 bridgehead atoms. The van der Waals surface area contributed by atoms with Crippen molar-refractivity contribution in [2.24, 2.45) is 11.8 Å². The van der Waals surface area contributed by atoms with E-state index in [1.165, 1.54) is 15.3 Å². The molecule has 2 aromatic carbocycles. The molecule has 7 heteroatoms. The molecule has 212 valence electrons. The van der Waals surface area contributed by atoms with E-state index in [9.17, 15) is 14.7 Å². The van der Waals surface area contributed by atoms with E-state index in [0.717, 1.165) is 0 Å². The van der Waals surface area contributed by atoms with Crippen molar-refractivity contribution >= 4 is 30.7 Å². The van der Waals surface area contributed by atoms with Crippen molar-refractivity contribution in [3.8, 4) is 0 Å². The molecule has 4 atom stereocenters. The Hall–Kier alpha value is -2.74. The summed E-state index contributed by atoms with van der Waals surface area (Å²) < 4.78 is 12.2. The summed E-state index contributed by atoms with van der Waals surface area (Å²) in [6, 6.07) is 20.8. The maximum absolute atomic E-state index is 13.0. The number of ether oxygens (including phenoxy) is 1. The highest BCUT2D eigenvalue weighted by atomic mass is 28.4. The second-order valence-electron chi connectivity index (χ2n) is 11.9. The molecule has 0 aliphatic carbocycles. The molecule has 1 fully saturated rings. The number of rotatable bonds is 11. The summed E-state index contributed by atoms with van der Waals surface area (Å²) in [5.41, 5.74) is 0. The SMILES string of the molecule is CC(C)[C@H]1COC(=O)N1C(=O)[C@@H](C)[C@H](O)CC/C=C\[C@H](C)O[Si](c1ccccc1)(c1ccccc1)C(C)(C)C. The third kappa shape index (κ3) is 6.89. The summed E-state index contributed by atoms with van der Waals surface area (Å²) >= 11 is 0. The number of cyclic esters (lactones) is 1. The Morgan fingerprint density at radius 1 is 1.05 bits per heavy atom. The molecule has 6 nitrogen and oxygen atoms in total. The van der Waals surface area contributed by atoms with Gasteiger partial charge in [0, 0.05) is 0 Å². The van der Waals surface area contributed by atoms with Crippen LogP contribution >= 0.6 is 0 Å². The van der Waals surface area contributed by atoms with Crippen LogP contribution in [-0.4, -0.2) is 55.2 Å². The van der Waals surface area contributed by atoms with Gasteiger partial charge in [-0.05, 0) is 41.1 Å². The molecule has 0 saturated carbocycles. The first-order chi connectivity index (χ1) is 18.4. The Morgan fingerprint density at radius 3 is 2.08 bits per heavy atom. The van der Waals surface area contributed by atoms with E-state index >= 15 is 0 Å². The lowest BCUT2D eigenvalue weighted by Crippen LogP contribution is -2.67. The number of hydrogen-bond donors (Lipinski definition) is 1. The molecule has 0 aromatic heterocycles. The lowest BCUT2D eigenvalue weighted by Gasteiger charge is -2.44. The predicted molar refractivity (Wildman–Crippen MR) is 159 cm³/mol. The summed E-state index contributed by atoms with van der Waals surface area (Å²) in [5, 5.41) is 13.1. The maximum Gasteiger partial charge on any atom is 0.416 e. The van der Waals surface area contributed by atoms with Crippen LogP contribution in [0.4, 0.5) is 4.79 Å². The van der Waals surface area contributed by atoms with Crippen LogP contribution in [0, 0.1) is 11.8 Å². The molecule has 0 radical (unpaired) electrons. The largest absolute Gasteiger partial charge is 0.447 e. The molecule has 1 saturated heterocycles. The van der Waals surface area contributed by atoms with Crippen molar-refractivity contribution in [2.75, 3.05) is 6.61 Å². The van der Waals surface area contributed by atoms with Crippen molar-refractivity contribution < 1.29 is 23.9 Å². The van der Waals surface area contributed by atoms with Crippen molar-refractivity contribution in [2.45, 2.75) is 84.6 Å². The second-order valence-corrected chi connectivity index (χ2v) is 16.2. The zero-order valence-corrected chi connectivity index (χ0v) is 25.5. The van der Waals surface area contributed by atoms with Gasteiger partial charge in [0.2, 0.25) is 5.91 Å². The van der Waals surface area contributed by atoms with Gasteiger partial charge in [-0.15, -0.1) is 0 Å². The summed E-state index contributed by atoms with van der Waals surface area (Å²) in [5.74, 6) is -0.989. The summed E-state index contributed by atoms with van der Waals surface area (Å²) in [6.45, 7) is 14.6. The van der Waals surface area contributed by atoms with Gasteiger partial charge in [-0.3, -0.25) is 4.79 Å². The third-order valence-electron chi connectivity index (χ3n) is 7.70. The third-order valence-corrected chi connectivity index (χ3v) is 12.8. The highest BCUT2D eigenvalue weighted by Crippen LogP contribution is 2.37. The zero-order valence-electron chi connectivity index (χ0n) is 24.5. The van der Waals surface area contributed by atoms with E-state index in [4.69, 9.17) is 9.16 Å². The standard InChI is InChI=1S/C32H45NO5Si/c1-23(2)28-22-37-31(36)33(28)30(35)25(4)29(34)21-15-14-16-24(3)38-39(32(5,6)7,26-17-10-8-11-18-26)27-19-12-9-13-20-27/h8-14,16-20,23-25,28-29,34H,15,21-22H2,1-7H3/b16-14-/t24-,25-,28+,29+/m0/s1. The molecule has 0 unspecified atom stereocenters. The maximum atomic E-state index is 13.0. The number of allylic oxidation sites excluding steroid dienone is 1. The van der Waals surface area contributed by atoms with E-state index in [1.807, 2.05) is 38.1 Å². The van der Waals surface area contributed by atoms with E-state index in [1.54, 1.807) is 6.92 Å². The van der Waals surface area contributed by atoms with Crippen LogP contribution < -0.4 is 10.4 Å². The topological polar surface area (TPSA) is 76.1 Å². The Bertz CT molecular complexity index is 1070. The van der Waals surface area contributed by atoms with Gasteiger partial charge in [0.25, 0.3) is 8.32 Å². The zero-order chi connectivity index (χ0) is 28.8. The summed E-state index contributed by atoms with van der Waals surface area (Å²) in [4.78, 5) is 26.4. The number of amides is 2. The average molecular weight is 552 g/mol. The van der Waals surface area contributed by atoms with Gasteiger partial charge in [-0.1, -0.05) is 114 Å². The number of aliphatic hydroxyl groups is 1. The van der Waals surface area contributed by atoms with Crippen molar-refractivity contribution in [1.29, 1.82) is 0 Å². The first-order valence-electron chi connectivity index (χ1n) is 14.0. The molecule has 1 aliphatic heterocycles. The first kappa shape index (κ1) is 30.8. The summed E-state index contributed by atoms with van der Waals surface area (Å²) in [7, 11) is -2.66. The van der Waals surface area contributed by atoms with Crippen molar-refractivity contribution in [3.05, 3.63) is 72.8 Å². The van der Waals surface area contributed by atoms with Crippen LogP contribution in [0.15, 0.2) is 72.8 Å².